The van der Waals surface area contributed by atoms with Crippen LogP contribution in [-0.4, -0.2) is 31.3 Å². The van der Waals surface area contributed by atoms with E-state index >= 15 is 0 Å². The van der Waals surface area contributed by atoms with Gasteiger partial charge in [0.2, 0.25) is 0 Å². The number of rotatable bonds is 9. The van der Waals surface area contributed by atoms with E-state index in [0.29, 0.717) is 35.0 Å². The summed E-state index contributed by atoms with van der Waals surface area (Å²) in [4.78, 5) is 25.1. The molecule has 4 rings (SSSR count). The number of carbonyl (C=O) groups excluding carboxylic acids is 2. The van der Waals surface area contributed by atoms with Gasteiger partial charge in [0.15, 0.2) is 18.1 Å². The lowest BCUT2D eigenvalue weighted by Gasteiger charge is -2.12. The van der Waals surface area contributed by atoms with Crippen LogP contribution in [-0.2, 0) is 4.79 Å². The van der Waals surface area contributed by atoms with Gasteiger partial charge < -0.3 is 14.2 Å². The summed E-state index contributed by atoms with van der Waals surface area (Å²) in [5, 5.41) is 5.77. The Morgan fingerprint density at radius 2 is 1.65 bits per heavy atom. The third-order valence-corrected chi connectivity index (χ3v) is 5.80. The molecule has 1 N–H and O–H groups in total. The van der Waals surface area contributed by atoms with Crippen LogP contribution in [0.5, 0.6) is 17.2 Å². The monoisotopic (exact) mass is 496 g/mol. The van der Waals surface area contributed by atoms with Crippen molar-refractivity contribution < 1.29 is 23.8 Å². The number of fused-ring (bicyclic) bond motifs is 1. The standard InChI is InChI=1S/C30H28N2O5/c1-4-35-28-17-22(18-31-32-29(33)19-36-26-14-7-9-20(2)21(26)3)15-16-27(28)37-30(34)25-13-8-11-23-10-5-6-12-24(23)25/h5-18H,4,19H2,1-3H3,(H,32,33)/b31-18+. The van der Waals surface area contributed by atoms with Crippen molar-refractivity contribution in [3.05, 3.63) is 101 Å². The van der Waals surface area contributed by atoms with Crippen LogP contribution in [0.1, 0.15) is 34.0 Å². The lowest BCUT2D eigenvalue weighted by atomic mass is 10.0. The third kappa shape index (κ3) is 6.32. The molecule has 7 nitrogen and oxygen atoms in total. The Hall–Kier alpha value is -4.65. The highest BCUT2D eigenvalue weighted by Gasteiger charge is 2.15. The van der Waals surface area contributed by atoms with Gasteiger partial charge in [-0.05, 0) is 78.6 Å². The van der Waals surface area contributed by atoms with Crippen molar-refractivity contribution in [3.63, 3.8) is 0 Å². The number of aryl methyl sites for hydroxylation is 1. The SMILES string of the molecule is CCOc1cc(/C=N/NC(=O)COc2cccc(C)c2C)ccc1OC(=O)c1cccc2ccccc12. The van der Waals surface area contributed by atoms with E-state index in [2.05, 4.69) is 10.5 Å². The Labute approximate surface area is 215 Å². The zero-order valence-corrected chi connectivity index (χ0v) is 21.0. The molecule has 0 heterocycles. The summed E-state index contributed by atoms with van der Waals surface area (Å²) >= 11 is 0. The Balaban J connectivity index is 1.41. The Morgan fingerprint density at radius 1 is 0.865 bits per heavy atom. The number of carbonyl (C=O) groups is 2. The average Bonchev–Trinajstić information content (AvgIpc) is 2.90. The van der Waals surface area contributed by atoms with Crippen molar-refractivity contribution in [2.24, 2.45) is 5.10 Å². The Morgan fingerprint density at radius 3 is 2.49 bits per heavy atom. The number of hydrazone groups is 1. The summed E-state index contributed by atoms with van der Waals surface area (Å²) in [6, 6.07) is 23.9. The molecule has 0 aliphatic carbocycles. The molecule has 0 saturated heterocycles. The molecule has 0 bridgehead atoms. The summed E-state index contributed by atoms with van der Waals surface area (Å²) in [5.41, 5.74) is 5.66. The van der Waals surface area contributed by atoms with E-state index in [-0.39, 0.29) is 12.5 Å². The van der Waals surface area contributed by atoms with Gasteiger partial charge in [-0.15, -0.1) is 0 Å². The number of hydrogen-bond donors (Lipinski definition) is 1. The quantitative estimate of drug-likeness (QED) is 0.141. The van der Waals surface area contributed by atoms with Crippen LogP contribution in [0.2, 0.25) is 0 Å². The predicted octanol–water partition coefficient (Wildman–Crippen LogP) is 5.60. The van der Waals surface area contributed by atoms with Gasteiger partial charge in [-0.25, -0.2) is 10.2 Å². The summed E-state index contributed by atoms with van der Waals surface area (Å²) in [6.07, 6.45) is 1.48. The highest BCUT2D eigenvalue weighted by Crippen LogP contribution is 2.30. The average molecular weight is 497 g/mol. The number of hydrogen-bond acceptors (Lipinski definition) is 6. The summed E-state index contributed by atoms with van der Waals surface area (Å²) < 4.78 is 17.0. The molecular weight excluding hydrogens is 468 g/mol. The maximum Gasteiger partial charge on any atom is 0.344 e. The minimum atomic E-state index is -0.477. The fourth-order valence-corrected chi connectivity index (χ4v) is 3.75. The molecular formula is C30H28N2O5. The maximum absolute atomic E-state index is 13.0. The summed E-state index contributed by atoms with van der Waals surface area (Å²) in [6.45, 7) is 5.99. The van der Waals surface area contributed by atoms with Crippen LogP contribution in [0.3, 0.4) is 0 Å². The lowest BCUT2D eigenvalue weighted by molar-refractivity contribution is -0.123. The number of ether oxygens (including phenoxy) is 3. The van der Waals surface area contributed by atoms with Gasteiger partial charge in [0.1, 0.15) is 5.75 Å². The minimum Gasteiger partial charge on any atom is -0.490 e. The number of amides is 1. The molecule has 0 saturated carbocycles. The molecule has 7 heteroatoms. The summed E-state index contributed by atoms with van der Waals surface area (Å²) in [5.74, 6) is 0.486. The van der Waals surface area contributed by atoms with E-state index in [9.17, 15) is 9.59 Å². The largest absolute Gasteiger partial charge is 0.490 e. The number of esters is 1. The second-order valence-corrected chi connectivity index (χ2v) is 8.34. The normalized spacial score (nSPS) is 10.9. The van der Waals surface area contributed by atoms with Crippen LogP contribution < -0.4 is 19.6 Å². The smallest absolute Gasteiger partial charge is 0.344 e. The lowest BCUT2D eigenvalue weighted by Crippen LogP contribution is -2.24. The molecule has 37 heavy (non-hydrogen) atoms. The van der Waals surface area contributed by atoms with Crippen LogP contribution in [0.15, 0.2) is 84.0 Å². The molecule has 0 aliphatic heterocycles. The van der Waals surface area contributed by atoms with Crippen molar-refractivity contribution in [3.8, 4) is 17.2 Å². The number of benzene rings is 4. The topological polar surface area (TPSA) is 86.2 Å². The Bertz CT molecular complexity index is 1460. The zero-order valence-electron chi connectivity index (χ0n) is 21.0. The van der Waals surface area contributed by atoms with E-state index in [1.807, 2.05) is 75.4 Å². The summed E-state index contributed by atoms with van der Waals surface area (Å²) in [7, 11) is 0. The number of nitrogens with zero attached hydrogens (tertiary/aromatic N) is 1. The molecule has 4 aromatic carbocycles. The molecule has 0 aromatic heterocycles. The van der Waals surface area contributed by atoms with E-state index in [0.717, 1.165) is 21.9 Å². The predicted molar refractivity (Wildman–Crippen MR) is 144 cm³/mol. The first-order valence-electron chi connectivity index (χ1n) is 11.9. The second kappa shape index (κ2) is 11.9. The molecule has 0 atom stereocenters. The van der Waals surface area contributed by atoms with Gasteiger partial charge in [-0.2, -0.15) is 5.10 Å². The molecule has 0 spiro atoms. The van der Waals surface area contributed by atoms with Crippen molar-refractivity contribution in [2.75, 3.05) is 13.2 Å². The van der Waals surface area contributed by atoms with Gasteiger partial charge in [-0.1, -0.05) is 48.5 Å². The van der Waals surface area contributed by atoms with E-state index < -0.39 is 5.97 Å². The van der Waals surface area contributed by atoms with Crippen molar-refractivity contribution >= 4 is 28.9 Å². The van der Waals surface area contributed by atoms with Crippen LogP contribution >= 0.6 is 0 Å². The molecule has 4 aromatic rings. The van der Waals surface area contributed by atoms with Crippen molar-refractivity contribution in [1.29, 1.82) is 0 Å². The molecule has 0 unspecified atom stereocenters. The van der Waals surface area contributed by atoms with Crippen molar-refractivity contribution in [1.82, 2.24) is 5.43 Å². The zero-order chi connectivity index (χ0) is 26.2. The van der Waals surface area contributed by atoms with Crippen molar-refractivity contribution in [2.45, 2.75) is 20.8 Å². The fourth-order valence-electron chi connectivity index (χ4n) is 3.75. The van der Waals surface area contributed by atoms with Gasteiger partial charge >= 0.3 is 5.97 Å². The molecule has 188 valence electrons. The first-order chi connectivity index (χ1) is 18.0. The van der Waals surface area contributed by atoms with E-state index in [1.54, 1.807) is 24.3 Å². The molecule has 0 fully saturated rings. The van der Waals surface area contributed by atoms with Gasteiger partial charge in [-0.3, -0.25) is 4.79 Å². The first-order valence-corrected chi connectivity index (χ1v) is 11.9. The highest BCUT2D eigenvalue weighted by atomic mass is 16.6. The molecule has 1 amide bonds. The number of nitrogens with one attached hydrogen (secondary N) is 1. The third-order valence-electron chi connectivity index (χ3n) is 5.80. The van der Waals surface area contributed by atoms with Gasteiger partial charge in [0.25, 0.3) is 5.91 Å². The van der Waals surface area contributed by atoms with Crippen LogP contribution in [0.4, 0.5) is 0 Å². The Kier molecular flexibility index (Phi) is 8.15. The van der Waals surface area contributed by atoms with Crippen LogP contribution in [0, 0.1) is 13.8 Å². The maximum atomic E-state index is 13.0. The fraction of sp³-hybridized carbons (Fsp3) is 0.167. The first kappa shape index (κ1) is 25.4. The van der Waals surface area contributed by atoms with E-state index in [4.69, 9.17) is 14.2 Å². The molecule has 0 radical (unpaired) electrons. The van der Waals surface area contributed by atoms with Gasteiger partial charge in [0.05, 0.1) is 18.4 Å². The molecule has 0 aliphatic rings. The highest BCUT2D eigenvalue weighted by molar-refractivity contribution is 6.05. The second-order valence-electron chi connectivity index (χ2n) is 8.34. The van der Waals surface area contributed by atoms with Crippen LogP contribution in [0.25, 0.3) is 10.8 Å². The van der Waals surface area contributed by atoms with E-state index in [1.165, 1.54) is 6.21 Å². The minimum absolute atomic E-state index is 0.158. The van der Waals surface area contributed by atoms with Gasteiger partial charge in [0, 0.05) is 0 Å².